The van der Waals surface area contributed by atoms with Gasteiger partial charge in [0.1, 0.15) is 4.90 Å². The smallest absolute Gasteiger partial charge is 0.418 e. The first-order valence-corrected chi connectivity index (χ1v) is 10.8. The van der Waals surface area contributed by atoms with Crippen LogP contribution in [0.4, 0.5) is 18.9 Å². The van der Waals surface area contributed by atoms with Crippen molar-refractivity contribution in [1.82, 2.24) is 15.2 Å². The van der Waals surface area contributed by atoms with E-state index < -0.39 is 27.5 Å². The molecule has 4 rings (SSSR count). The van der Waals surface area contributed by atoms with Gasteiger partial charge in [-0.05, 0) is 38.8 Å². The molecule has 2 heterocycles. The molecule has 7 nitrogen and oxygen atoms in total. The third kappa shape index (κ3) is 3.57. The summed E-state index contributed by atoms with van der Waals surface area (Å²) in [6, 6.07) is 4.40. The van der Waals surface area contributed by atoms with Gasteiger partial charge in [0.2, 0.25) is 5.89 Å². The number of benzene rings is 1. The number of sulfonamides is 1. The first-order chi connectivity index (χ1) is 14.1. The molecule has 1 saturated carbocycles. The molecule has 160 valence electrons. The number of hydrogen-bond donors (Lipinski definition) is 2. The number of hydrogen-bond acceptors (Lipinski definition) is 5. The number of aromatic amines is 1. The highest BCUT2D eigenvalue weighted by atomic mass is 32.2. The van der Waals surface area contributed by atoms with Crippen molar-refractivity contribution in [2.45, 2.75) is 50.1 Å². The zero-order valence-corrected chi connectivity index (χ0v) is 17.0. The predicted molar refractivity (Wildman–Crippen MR) is 102 cm³/mol. The molecule has 2 aromatic heterocycles. The average Bonchev–Trinajstić information content (AvgIpc) is 3.16. The summed E-state index contributed by atoms with van der Waals surface area (Å²) in [6.45, 7) is 3.15. The maximum Gasteiger partial charge on any atom is 0.418 e. The number of aromatic nitrogens is 3. The summed E-state index contributed by atoms with van der Waals surface area (Å²) in [5.74, 6) is 0.611. The summed E-state index contributed by atoms with van der Waals surface area (Å²) in [7, 11) is -4.40. The Labute approximate surface area is 170 Å². The van der Waals surface area contributed by atoms with Crippen LogP contribution in [0.25, 0.3) is 11.5 Å². The minimum absolute atomic E-state index is 0.0169. The standard InChI is InChI=1S/C19H19F3N4O3S/c1-10-15(18-25-24-17(29-18)12-6-5-7-12)16(11(2)23-10)30(27,28)26-14-9-4-3-8-13(14)19(20,21)22/h3-4,8-9,12,23,26H,5-7H2,1-2H3. The Morgan fingerprint density at radius 3 is 2.47 bits per heavy atom. The second-order valence-electron chi connectivity index (χ2n) is 7.30. The van der Waals surface area contributed by atoms with Gasteiger partial charge in [-0.2, -0.15) is 13.2 Å². The number of alkyl halides is 3. The Hall–Kier alpha value is -2.82. The van der Waals surface area contributed by atoms with Gasteiger partial charge in [0.15, 0.2) is 0 Å². The Morgan fingerprint density at radius 2 is 1.83 bits per heavy atom. The van der Waals surface area contributed by atoms with E-state index in [0.29, 0.717) is 11.6 Å². The summed E-state index contributed by atoms with van der Waals surface area (Å²) in [5, 5.41) is 8.02. The minimum Gasteiger partial charge on any atom is -0.420 e. The maximum absolute atomic E-state index is 13.3. The van der Waals surface area contributed by atoms with Crippen LogP contribution in [0.2, 0.25) is 0 Å². The number of nitrogens with zero attached hydrogens (tertiary/aromatic N) is 2. The number of para-hydroxylation sites is 1. The molecule has 1 aliphatic carbocycles. The molecular weight excluding hydrogens is 421 g/mol. The zero-order chi connectivity index (χ0) is 21.7. The normalized spacial score (nSPS) is 15.2. The van der Waals surface area contributed by atoms with E-state index in [0.717, 1.165) is 31.4 Å². The average molecular weight is 440 g/mol. The Morgan fingerprint density at radius 1 is 1.13 bits per heavy atom. The molecule has 2 N–H and O–H groups in total. The fourth-order valence-corrected chi connectivity index (χ4v) is 5.06. The molecule has 0 radical (unpaired) electrons. The van der Waals surface area contributed by atoms with Gasteiger partial charge in [-0.3, -0.25) is 4.72 Å². The third-order valence-electron chi connectivity index (χ3n) is 5.17. The van der Waals surface area contributed by atoms with Crippen LogP contribution in [0, 0.1) is 13.8 Å². The summed E-state index contributed by atoms with van der Waals surface area (Å²) in [5.41, 5.74) is -0.772. The minimum atomic E-state index is -4.71. The van der Waals surface area contributed by atoms with Crippen molar-refractivity contribution >= 4 is 15.7 Å². The number of rotatable bonds is 5. The number of halogens is 3. The van der Waals surface area contributed by atoms with Gasteiger partial charge in [-0.1, -0.05) is 18.6 Å². The summed E-state index contributed by atoms with van der Waals surface area (Å²) >= 11 is 0. The van der Waals surface area contributed by atoms with Crippen LogP contribution in [0.3, 0.4) is 0 Å². The van der Waals surface area contributed by atoms with E-state index in [1.54, 1.807) is 6.92 Å². The predicted octanol–water partition coefficient (Wildman–Crippen LogP) is 4.77. The number of aryl methyl sites for hydroxylation is 2. The topological polar surface area (TPSA) is 101 Å². The Kier molecular flexibility index (Phi) is 4.88. The second-order valence-corrected chi connectivity index (χ2v) is 8.92. The monoisotopic (exact) mass is 440 g/mol. The zero-order valence-electron chi connectivity index (χ0n) is 16.2. The van der Waals surface area contributed by atoms with Crippen molar-refractivity contribution in [2.24, 2.45) is 0 Å². The van der Waals surface area contributed by atoms with Crippen LogP contribution in [0.15, 0.2) is 33.6 Å². The van der Waals surface area contributed by atoms with Crippen molar-refractivity contribution in [1.29, 1.82) is 0 Å². The molecule has 0 bridgehead atoms. The highest BCUT2D eigenvalue weighted by Crippen LogP contribution is 2.40. The van der Waals surface area contributed by atoms with Crippen LogP contribution >= 0.6 is 0 Å². The number of anilines is 1. The fraction of sp³-hybridized carbons (Fsp3) is 0.368. The van der Waals surface area contributed by atoms with Crippen LogP contribution < -0.4 is 4.72 Å². The molecule has 1 aliphatic rings. The molecule has 0 spiro atoms. The largest absolute Gasteiger partial charge is 0.420 e. The SMILES string of the molecule is Cc1[nH]c(C)c(S(=O)(=O)Nc2ccccc2C(F)(F)F)c1-c1nnc(C2CCC2)o1. The summed E-state index contributed by atoms with van der Waals surface area (Å²) in [4.78, 5) is 2.69. The van der Waals surface area contributed by atoms with Gasteiger partial charge >= 0.3 is 6.18 Å². The van der Waals surface area contributed by atoms with E-state index in [4.69, 9.17) is 4.42 Å². The van der Waals surface area contributed by atoms with Gasteiger partial charge in [0.25, 0.3) is 15.9 Å². The summed E-state index contributed by atoms with van der Waals surface area (Å²) in [6.07, 6.45) is -1.80. The maximum atomic E-state index is 13.3. The van der Waals surface area contributed by atoms with Gasteiger partial charge < -0.3 is 9.40 Å². The molecule has 0 aliphatic heterocycles. The van der Waals surface area contributed by atoms with Crippen LogP contribution in [-0.4, -0.2) is 23.6 Å². The van der Waals surface area contributed by atoms with Gasteiger partial charge in [0.05, 0.1) is 16.8 Å². The molecule has 1 aromatic carbocycles. The lowest BCUT2D eigenvalue weighted by Gasteiger charge is -2.20. The molecule has 1 fully saturated rings. The van der Waals surface area contributed by atoms with Crippen molar-refractivity contribution in [3.63, 3.8) is 0 Å². The first-order valence-electron chi connectivity index (χ1n) is 9.30. The van der Waals surface area contributed by atoms with Crippen molar-refractivity contribution in [3.8, 4) is 11.5 Å². The van der Waals surface area contributed by atoms with Crippen LogP contribution in [-0.2, 0) is 16.2 Å². The molecule has 0 saturated heterocycles. The van der Waals surface area contributed by atoms with E-state index in [1.165, 1.54) is 19.1 Å². The molecule has 0 unspecified atom stereocenters. The quantitative estimate of drug-likeness (QED) is 0.595. The molecule has 30 heavy (non-hydrogen) atoms. The van der Waals surface area contributed by atoms with Crippen LogP contribution in [0.5, 0.6) is 0 Å². The molecule has 0 atom stereocenters. The molecular formula is C19H19F3N4O3S. The van der Waals surface area contributed by atoms with E-state index in [2.05, 4.69) is 19.9 Å². The highest BCUT2D eigenvalue weighted by molar-refractivity contribution is 7.93. The van der Waals surface area contributed by atoms with E-state index >= 15 is 0 Å². The number of nitrogens with one attached hydrogen (secondary N) is 2. The fourth-order valence-electron chi connectivity index (χ4n) is 3.52. The van der Waals surface area contributed by atoms with Crippen molar-refractivity contribution < 1.29 is 26.0 Å². The first kappa shape index (κ1) is 20.5. The van der Waals surface area contributed by atoms with E-state index in [9.17, 15) is 21.6 Å². The third-order valence-corrected chi connectivity index (χ3v) is 6.71. The lowest BCUT2D eigenvalue weighted by molar-refractivity contribution is -0.136. The Balaban J connectivity index is 1.77. The Bertz CT molecular complexity index is 1190. The lowest BCUT2D eigenvalue weighted by atomic mass is 9.85. The number of H-pyrrole nitrogens is 1. The summed E-state index contributed by atoms with van der Waals surface area (Å²) < 4.78 is 73.9. The molecule has 11 heteroatoms. The van der Waals surface area contributed by atoms with E-state index in [-0.39, 0.29) is 28.0 Å². The van der Waals surface area contributed by atoms with Crippen molar-refractivity contribution in [3.05, 3.63) is 47.1 Å². The van der Waals surface area contributed by atoms with Crippen LogP contribution in [0.1, 0.15) is 48.0 Å². The lowest BCUT2D eigenvalue weighted by Crippen LogP contribution is -2.18. The van der Waals surface area contributed by atoms with Gasteiger partial charge in [-0.25, -0.2) is 8.42 Å². The highest BCUT2D eigenvalue weighted by Gasteiger charge is 2.36. The van der Waals surface area contributed by atoms with E-state index in [1.807, 2.05) is 0 Å². The van der Waals surface area contributed by atoms with Gasteiger partial charge in [-0.15, -0.1) is 10.2 Å². The second kappa shape index (κ2) is 7.15. The molecule has 0 amide bonds. The van der Waals surface area contributed by atoms with Crippen molar-refractivity contribution in [2.75, 3.05) is 4.72 Å². The van der Waals surface area contributed by atoms with Gasteiger partial charge in [0, 0.05) is 17.3 Å². The molecule has 3 aromatic rings.